The third-order valence-electron chi connectivity index (χ3n) is 3.07. The van der Waals surface area contributed by atoms with Crippen molar-refractivity contribution >= 4 is 11.9 Å². The summed E-state index contributed by atoms with van der Waals surface area (Å²) in [5, 5.41) is 7.95. The SMILES string of the molecule is CCNC(=O)NC(=O)C(C)NCc1ccccc1CC. The van der Waals surface area contributed by atoms with Crippen molar-refractivity contribution in [2.45, 2.75) is 39.8 Å². The summed E-state index contributed by atoms with van der Waals surface area (Å²) in [4.78, 5) is 23.0. The van der Waals surface area contributed by atoms with Gasteiger partial charge in [0.25, 0.3) is 0 Å². The fourth-order valence-electron chi connectivity index (χ4n) is 1.86. The zero-order valence-electron chi connectivity index (χ0n) is 12.3. The van der Waals surface area contributed by atoms with Gasteiger partial charge in [0, 0.05) is 13.1 Å². The van der Waals surface area contributed by atoms with Crippen LogP contribution in [0.4, 0.5) is 4.79 Å². The highest BCUT2D eigenvalue weighted by Gasteiger charge is 2.15. The van der Waals surface area contributed by atoms with Crippen LogP contribution in [0.2, 0.25) is 0 Å². The van der Waals surface area contributed by atoms with Crippen molar-refractivity contribution in [3.05, 3.63) is 35.4 Å². The maximum Gasteiger partial charge on any atom is 0.321 e. The molecule has 0 aliphatic heterocycles. The molecule has 0 fully saturated rings. The molecule has 5 nitrogen and oxygen atoms in total. The number of imide groups is 1. The number of aryl methyl sites for hydroxylation is 1. The molecule has 5 heteroatoms. The first kappa shape index (κ1) is 16.2. The van der Waals surface area contributed by atoms with Gasteiger partial charge in [-0.1, -0.05) is 31.2 Å². The summed E-state index contributed by atoms with van der Waals surface area (Å²) in [6.07, 6.45) is 0.956. The topological polar surface area (TPSA) is 70.2 Å². The van der Waals surface area contributed by atoms with Crippen molar-refractivity contribution in [2.24, 2.45) is 0 Å². The summed E-state index contributed by atoms with van der Waals surface area (Å²) in [6, 6.07) is 7.22. The fourth-order valence-corrected chi connectivity index (χ4v) is 1.86. The van der Waals surface area contributed by atoms with E-state index in [9.17, 15) is 9.59 Å². The van der Waals surface area contributed by atoms with Crippen molar-refractivity contribution in [2.75, 3.05) is 6.54 Å². The zero-order valence-corrected chi connectivity index (χ0v) is 12.3. The lowest BCUT2D eigenvalue weighted by Crippen LogP contribution is -2.47. The molecule has 0 spiro atoms. The third kappa shape index (κ3) is 5.01. The normalized spacial score (nSPS) is 11.8. The van der Waals surface area contributed by atoms with E-state index in [-0.39, 0.29) is 5.91 Å². The van der Waals surface area contributed by atoms with Gasteiger partial charge < -0.3 is 10.6 Å². The molecule has 1 rings (SSSR count). The molecule has 1 aromatic carbocycles. The summed E-state index contributed by atoms with van der Waals surface area (Å²) in [7, 11) is 0. The van der Waals surface area contributed by atoms with Crippen molar-refractivity contribution in [1.29, 1.82) is 0 Å². The van der Waals surface area contributed by atoms with Gasteiger partial charge in [0.1, 0.15) is 0 Å². The van der Waals surface area contributed by atoms with Crippen LogP contribution in [0, 0.1) is 0 Å². The van der Waals surface area contributed by atoms with Gasteiger partial charge in [-0.25, -0.2) is 4.79 Å². The minimum atomic E-state index is -0.458. The van der Waals surface area contributed by atoms with Crippen molar-refractivity contribution in [1.82, 2.24) is 16.0 Å². The van der Waals surface area contributed by atoms with Gasteiger partial charge >= 0.3 is 6.03 Å². The minimum Gasteiger partial charge on any atom is -0.338 e. The molecule has 3 amide bonds. The van der Waals surface area contributed by atoms with Crippen LogP contribution in [0.15, 0.2) is 24.3 Å². The van der Waals surface area contributed by atoms with Crippen LogP contribution in [-0.2, 0) is 17.8 Å². The molecule has 0 aliphatic carbocycles. The van der Waals surface area contributed by atoms with Gasteiger partial charge in [-0.2, -0.15) is 0 Å². The quantitative estimate of drug-likeness (QED) is 0.739. The van der Waals surface area contributed by atoms with Gasteiger partial charge in [0.15, 0.2) is 0 Å². The van der Waals surface area contributed by atoms with Gasteiger partial charge in [-0.05, 0) is 31.4 Å². The number of rotatable bonds is 6. The average molecular weight is 277 g/mol. The van der Waals surface area contributed by atoms with E-state index in [4.69, 9.17) is 0 Å². The summed E-state index contributed by atoms with van der Waals surface area (Å²) in [5.41, 5.74) is 2.43. The Morgan fingerprint density at radius 2 is 1.80 bits per heavy atom. The molecule has 1 unspecified atom stereocenters. The maximum atomic E-state index is 11.8. The van der Waals surface area contributed by atoms with E-state index in [2.05, 4.69) is 28.9 Å². The summed E-state index contributed by atoms with van der Waals surface area (Å²) >= 11 is 0. The van der Waals surface area contributed by atoms with Gasteiger partial charge in [-0.15, -0.1) is 0 Å². The van der Waals surface area contributed by atoms with Crippen LogP contribution in [0.1, 0.15) is 31.9 Å². The molecule has 0 aliphatic rings. The predicted octanol–water partition coefficient (Wildman–Crippen LogP) is 1.57. The van der Waals surface area contributed by atoms with Gasteiger partial charge in [0.05, 0.1) is 6.04 Å². The number of carbonyl (C=O) groups is 2. The Labute approximate surface area is 120 Å². The first-order valence-electron chi connectivity index (χ1n) is 6.97. The highest BCUT2D eigenvalue weighted by molar-refractivity contribution is 5.96. The first-order valence-corrected chi connectivity index (χ1v) is 6.97. The molecule has 0 radical (unpaired) electrons. The molecule has 0 saturated heterocycles. The Hall–Kier alpha value is -1.88. The Morgan fingerprint density at radius 3 is 2.40 bits per heavy atom. The number of urea groups is 1. The lowest BCUT2D eigenvalue weighted by molar-refractivity contribution is -0.121. The molecule has 1 aromatic rings. The lowest BCUT2D eigenvalue weighted by atomic mass is 10.1. The van der Waals surface area contributed by atoms with Crippen LogP contribution in [0.25, 0.3) is 0 Å². The molecular formula is C15H23N3O2. The van der Waals surface area contributed by atoms with Gasteiger partial charge in [-0.3, -0.25) is 10.1 Å². The standard InChI is InChI=1S/C15H23N3O2/c1-4-12-8-6-7-9-13(12)10-17-11(3)14(19)18-15(20)16-5-2/h6-9,11,17H,4-5,10H2,1-3H3,(H2,16,18,19,20). The van der Waals surface area contributed by atoms with Crippen molar-refractivity contribution < 1.29 is 9.59 Å². The van der Waals surface area contributed by atoms with E-state index in [1.165, 1.54) is 11.1 Å². The number of amides is 3. The molecule has 0 bridgehead atoms. The molecule has 1 atom stereocenters. The highest BCUT2D eigenvalue weighted by atomic mass is 16.2. The molecule has 20 heavy (non-hydrogen) atoms. The Kier molecular flexibility index (Phi) is 6.73. The maximum absolute atomic E-state index is 11.8. The molecule has 3 N–H and O–H groups in total. The molecule has 0 aromatic heterocycles. The molecular weight excluding hydrogens is 254 g/mol. The second-order valence-corrected chi connectivity index (χ2v) is 4.57. The van der Waals surface area contributed by atoms with E-state index >= 15 is 0 Å². The zero-order chi connectivity index (χ0) is 15.0. The monoisotopic (exact) mass is 277 g/mol. The minimum absolute atomic E-state index is 0.329. The van der Waals surface area contributed by atoms with Crippen LogP contribution in [0.3, 0.4) is 0 Å². The summed E-state index contributed by atoms with van der Waals surface area (Å²) in [6.45, 7) is 6.74. The second kappa shape index (κ2) is 8.32. The van der Waals surface area contributed by atoms with Crippen LogP contribution >= 0.6 is 0 Å². The number of carbonyl (C=O) groups excluding carboxylic acids is 2. The van der Waals surface area contributed by atoms with E-state index in [1.807, 2.05) is 18.2 Å². The first-order chi connectivity index (χ1) is 9.58. The van der Waals surface area contributed by atoms with E-state index in [0.29, 0.717) is 13.1 Å². The number of hydrogen-bond donors (Lipinski definition) is 3. The van der Waals surface area contributed by atoms with Crippen LogP contribution in [0.5, 0.6) is 0 Å². The molecule has 0 heterocycles. The van der Waals surface area contributed by atoms with E-state index < -0.39 is 12.1 Å². The van der Waals surface area contributed by atoms with Crippen molar-refractivity contribution in [3.8, 4) is 0 Å². The van der Waals surface area contributed by atoms with Crippen molar-refractivity contribution in [3.63, 3.8) is 0 Å². The Morgan fingerprint density at radius 1 is 1.15 bits per heavy atom. The fraction of sp³-hybridized carbons (Fsp3) is 0.467. The average Bonchev–Trinajstić information content (AvgIpc) is 2.45. The Balaban J connectivity index is 2.48. The van der Waals surface area contributed by atoms with Crippen LogP contribution < -0.4 is 16.0 Å². The lowest BCUT2D eigenvalue weighted by Gasteiger charge is -2.15. The Bertz CT molecular complexity index is 460. The molecule has 110 valence electrons. The number of benzene rings is 1. The predicted molar refractivity (Wildman–Crippen MR) is 79.3 cm³/mol. The third-order valence-corrected chi connectivity index (χ3v) is 3.07. The highest BCUT2D eigenvalue weighted by Crippen LogP contribution is 2.09. The van der Waals surface area contributed by atoms with E-state index in [1.54, 1.807) is 13.8 Å². The largest absolute Gasteiger partial charge is 0.338 e. The smallest absolute Gasteiger partial charge is 0.321 e. The number of hydrogen-bond acceptors (Lipinski definition) is 3. The second-order valence-electron chi connectivity index (χ2n) is 4.57. The summed E-state index contributed by atoms with van der Waals surface area (Å²) in [5.74, 6) is -0.329. The van der Waals surface area contributed by atoms with Gasteiger partial charge in [0.2, 0.25) is 5.91 Å². The molecule has 0 saturated carbocycles. The number of nitrogens with one attached hydrogen (secondary N) is 3. The summed E-state index contributed by atoms with van der Waals surface area (Å²) < 4.78 is 0. The van der Waals surface area contributed by atoms with Crippen LogP contribution in [-0.4, -0.2) is 24.5 Å². The van der Waals surface area contributed by atoms with E-state index in [0.717, 1.165) is 6.42 Å².